The zero-order valence-corrected chi connectivity index (χ0v) is 18.2. The summed E-state index contributed by atoms with van der Waals surface area (Å²) in [5.41, 5.74) is 4.53. The number of nitrogens with zero attached hydrogens (tertiary/aromatic N) is 3. The van der Waals surface area contributed by atoms with Crippen LogP contribution in [0.3, 0.4) is 0 Å². The van der Waals surface area contributed by atoms with Gasteiger partial charge in [0.25, 0.3) is 11.8 Å². The van der Waals surface area contributed by atoms with E-state index in [4.69, 9.17) is 13.9 Å². The molecule has 0 saturated heterocycles. The summed E-state index contributed by atoms with van der Waals surface area (Å²) in [6, 6.07) is 16.0. The Bertz CT molecular complexity index is 1350. The number of hydrogen-bond donors (Lipinski definition) is 3. The van der Waals surface area contributed by atoms with Gasteiger partial charge >= 0.3 is 0 Å². The summed E-state index contributed by atoms with van der Waals surface area (Å²) in [5.74, 6) is 0.790. The molecule has 0 unspecified atom stereocenters. The number of aromatic nitrogens is 2. The third-order valence-corrected chi connectivity index (χ3v) is 4.84. The number of phenolic OH excluding ortho intramolecular Hbond substituents is 2. The fraction of sp³-hybridized carbons (Fsp3) is 0.0833. The first-order valence-electron chi connectivity index (χ1n) is 10.00. The number of ether oxygens (including phenoxy) is 2. The third kappa shape index (κ3) is 4.80. The fourth-order valence-corrected chi connectivity index (χ4v) is 3.04. The Morgan fingerprint density at radius 1 is 0.941 bits per heavy atom. The minimum absolute atomic E-state index is 0.238. The molecule has 4 rings (SSSR count). The molecule has 1 amide bonds. The van der Waals surface area contributed by atoms with Gasteiger partial charge in [-0.05, 0) is 60.2 Å². The van der Waals surface area contributed by atoms with Gasteiger partial charge in [0.1, 0.15) is 11.5 Å². The normalized spacial score (nSPS) is 10.9. The van der Waals surface area contributed by atoms with E-state index < -0.39 is 5.91 Å². The van der Waals surface area contributed by atoms with E-state index in [-0.39, 0.29) is 23.3 Å². The molecule has 172 valence electrons. The predicted octanol–water partition coefficient (Wildman–Crippen LogP) is 3.60. The molecule has 1 aromatic heterocycles. The number of hydrogen-bond acceptors (Lipinski definition) is 9. The molecule has 10 nitrogen and oxygen atoms in total. The van der Waals surface area contributed by atoms with E-state index in [0.29, 0.717) is 33.8 Å². The van der Waals surface area contributed by atoms with Crippen LogP contribution in [0.1, 0.15) is 15.9 Å². The van der Waals surface area contributed by atoms with Gasteiger partial charge in [-0.1, -0.05) is 0 Å². The van der Waals surface area contributed by atoms with E-state index >= 15 is 0 Å². The van der Waals surface area contributed by atoms with Crippen molar-refractivity contribution in [3.63, 3.8) is 0 Å². The molecule has 0 radical (unpaired) electrons. The highest BCUT2D eigenvalue weighted by Crippen LogP contribution is 2.33. The van der Waals surface area contributed by atoms with Gasteiger partial charge in [-0.25, -0.2) is 5.43 Å². The monoisotopic (exact) mass is 460 g/mol. The lowest BCUT2D eigenvalue weighted by atomic mass is 10.1. The second kappa shape index (κ2) is 9.74. The van der Waals surface area contributed by atoms with Crippen LogP contribution >= 0.6 is 0 Å². The van der Waals surface area contributed by atoms with Gasteiger partial charge in [0.05, 0.1) is 26.0 Å². The van der Waals surface area contributed by atoms with Crippen LogP contribution in [0, 0.1) is 0 Å². The Morgan fingerprint density at radius 2 is 1.71 bits per heavy atom. The van der Waals surface area contributed by atoms with Crippen LogP contribution < -0.4 is 14.9 Å². The van der Waals surface area contributed by atoms with Crippen LogP contribution in [0.5, 0.6) is 23.0 Å². The molecule has 0 aliphatic rings. The molecule has 4 aromatic rings. The van der Waals surface area contributed by atoms with E-state index in [1.807, 2.05) is 0 Å². The summed E-state index contributed by atoms with van der Waals surface area (Å²) in [6.07, 6.45) is 1.35. The van der Waals surface area contributed by atoms with E-state index in [2.05, 4.69) is 20.7 Å². The van der Waals surface area contributed by atoms with Crippen LogP contribution in [0.15, 0.2) is 70.2 Å². The fourth-order valence-electron chi connectivity index (χ4n) is 3.04. The summed E-state index contributed by atoms with van der Waals surface area (Å²) in [4.78, 5) is 12.3. The van der Waals surface area contributed by atoms with E-state index in [1.165, 1.54) is 25.5 Å². The second-order valence-corrected chi connectivity index (χ2v) is 7.00. The predicted molar refractivity (Wildman–Crippen MR) is 123 cm³/mol. The highest BCUT2D eigenvalue weighted by atomic mass is 16.5. The number of amides is 1. The maximum absolute atomic E-state index is 12.3. The molecule has 0 aliphatic heterocycles. The van der Waals surface area contributed by atoms with Crippen molar-refractivity contribution < 1.29 is 28.9 Å². The number of carbonyl (C=O) groups is 1. The second-order valence-electron chi connectivity index (χ2n) is 7.00. The van der Waals surface area contributed by atoms with E-state index in [0.717, 1.165) is 0 Å². The van der Waals surface area contributed by atoms with Gasteiger partial charge in [-0.2, -0.15) is 5.10 Å². The van der Waals surface area contributed by atoms with Crippen molar-refractivity contribution in [3.05, 3.63) is 71.8 Å². The average molecular weight is 460 g/mol. The zero-order chi connectivity index (χ0) is 24.1. The lowest BCUT2D eigenvalue weighted by Crippen LogP contribution is -2.17. The topological polar surface area (TPSA) is 139 Å². The molecule has 0 aliphatic carbocycles. The van der Waals surface area contributed by atoms with Crippen molar-refractivity contribution in [3.8, 4) is 45.9 Å². The maximum atomic E-state index is 12.3. The Balaban J connectivity index is 1.45. The van der Waals surface area contributed by atoms with Crippen molar-refractivity contribution in [2.75, 3.05) is 14.2 Å². The summed E-state index contributed by atoms with van der Waals surface area (Å²) in [7, 11) is 3.11. The third-order valence-electron chi connectivity index (χ3n) is 4.84. The molecular weight excluding hydrogens is 440 g/mol. The SMILES string of the molecule is COc1ccc(-c2nnc(-c3ccc(C(=O)N/N=C/c4ccc(O)c(O)c4)cc3)o2)c(OC)c1. The molecule has 0 fully saturated rings. The molecule has 0 saturated carbocycles. The highest BCUT2D eigenvalue weighted by molar-refractivity contribution is 5.95. The number of phenols is 2. The Labute approximate surface area is 194 Å². The van der Waals surface area contributed by atoms with Gasteiger partial charge < -0.3 is 24.1 Å². The number of carbonyl (C=O) groups excluding carboxylic acids is 1. The van der Waals surface area contributed by atoms with Crippen LogP contribution in [-0.2, 0) is 0 Å². The molecular formula is C24H20N4O6. The molecule has 0 spiro atoms. The Hall–Kier alpha value is -4.86. The van der Waals surface area contributed by atoms with Crippen LogP contribution in [0.4, 0.5) is 0 Å². The Kier molecular flexibility index (Phi) is 6.40. The van der Waals surface area contributed by atoms with Crippen LogP contribution in [0.25, 0.3) is 22.9 Å². The first-order chi connectivity index (χ1) is 16.5. The molecule has 1 heterocycles. The van der Waals surface area contributed by atoms with Gasteiger partial charge in [-0.15, -0.1) is 10.2 Å². The van der Waals surface area contributed by atoms with Crippen molar-refractivity contribution in [2.24, 2.45) is 5.10 Å². The molecule has 34 heavy (non-hydrogen) atoms. The minimum Gasteiger partial charge on any atom is -0.504 e. The molecule has 0 atom stereocenters. The summed E-state index contributed by atoms with van der Waals surface area (Å²) in [5, 5.41) is 30.9. The van der Waals surface area contributed by atoms with Gasteiger partial charge in [0.15, 0.2) is 11.5 Å². The van der Waals surface area contributed by atoms with Gasteiger partial charge in [0.2, 0.25) is 5.89 Å². The number of rotatable bonds is 7. The minimum atomic E-state index is -0.431. The maximum Gasteiger partial charge on any atom is 0.271 e. The molecule has 3 N–H and O–H groups in total. The lowest BCUT2D eigenvalue weighted by molar-refractivity contribution is 0.0955. The van der Waals surface area contributed by atoms with Gasteiger partial charge in [0, 0.05) is 17.2 Å². The van der Waals surface area contributed by atoms with E-state index in [9.17, 15) is 15.0 Å². The van der Waals surface area contributed by atoms with Crippen LogP contribution in [0.2, 0.25) is 0 Å². The quantitative estimate of drug-likeness (QED) is 0.216. The number of nitrogens with one attached hydrogen (secondary N) is 1. The first-order valence-corrected chi connectivity index (χ1v) is 10.00. The Morgan fingerprint density at radius 3 is 2.41 bits per heavy atom. The first kappa shape index (κ1) is 22.3. The summed E-state index contributed by atoms with van der Waals surface area (Å²) >= 11 is 0. The molecule has 3 aromatic carbocycles. The van der Waals surface area contributed by atoms with Crippen LogP contribution in [-0.4, -0.2) is 46.8 Å². The smallest absolute Gasteiger partial charge is 0.271 e. The molecule has 10 heteroatoms. The number of methoxy groups -OCH3 is 2. The van der Waals surface area contributed by atoms with Crippen molar-refractivity contribution in [1.82, 2.24) is 15.6 Å². The largest absolute Gasteiger partial charge is 0.504 e. The summed E-state index contributed by atoms with van der Waals surface area (Å²) < 4.78 is 16.4. The standard InChI is InChI=1S/C24H20N4O6/c1-32-17-8-9-18(21(12-17)33-2)24-28-27-23(34-24)16-6-4-15(5-7-16)22(31)26-25-13-14-3-10-19(29)20(30)11-14/h3-13,29-30H,1-2H3,(H,26,31)/b25-13+. The average Bonchev–Trinajstić information content (AvgIpc) is 3.36. The number of hydrazone groups is 1. The number of aromatic hydroxyl groups is 2. The van der Waals surface area contributed by atoms with Crippen molar-refractivity contribution in [2.45, 2.75) is 0 Å². The number of benzene rings is 3. The summed E-state index contributed by atoms with van der Waals surface area (Å²) in [6.45, 7) is 0. The molecule has 0 bridgehead atoms. The van der Waals surface area contributed by atoms with Gasteiger partial charge in [-0.3, -0.25) is 4.79 Å². The van der Waals surface area contributed by atoms with E-state index in [1.54, 1.807) is 55.6 Å². The van der Waals surface area contributed by atoms with Crippen molar-refractivity contribution >= 4 is 12.1 Å². The lowest BCUT2D eigenvalue weighted by Gasteiger charge is -2.07. The highest BCUT2D eigenvalue weighted by Gasteiger charge is 2.16. The van der Waals surface area contributed by atoms with Crippen molar-refractivity contribution in [1.29, 1.82) is 0 Å². The zero-order valence-electron chi connectivity index (χ0n) is 18.2.